The van der Waals surface area contributed by atoms with E-state index in [1.807, 2.05) is 72.4 Å². The maximum absolute atomic E-state index is 9.39. The van der Waals surface area contributed by atoms with E-state index in [1.54, 1.807) is 0 Å². The van der Waals surface area contributed by atoms with E-state index in [-0.39, 0.29) is 11.1 Å². The van der Waals surface area contributed by atoms with E-state index in [4.69, 9.17) is 0 Å². The maximum Gasteiger partial charge on any atom is 0.170 e. The molecule has 8 nitrogen and oxygen atoms in total. The molecule has 6 rings (SSSR count). The molecule has 0 aromatic heterocycles. The molecule has 0 radical (unpaired) electrons. The molecule has 2 N–H and O–H groups in total. The lowest BCUT2D eigenvalue weighted by molar-refractivity contribution is 1.15. The fraction of sp³-hybridized carbons (Fsp3) is 0.0769. The van der Waals surface area contributed by atoms with Crippen LogP contribution >= 0.6 is 0 Å². The Morgan fingerprint density at radius 3 is 1.38 bits per heavy atom. The van der Waals surface area contributed by atoms with Gasteiger partial charge in [-0.2, -0.15) is 21.0 Å². The topological polar surface area (TPSA) is 126 Å². The molecule has 2 aliphatic rings. The first-order valence-corrected chi connectivity index (χ1v) is 10.4. The number of fused-ring (bicyclic) bond motifs is 4. The third-order valence-corrected chi connectivity index (χ3v) is 6.61. The summed E-state index contributed by atoms with van der Waals surface area (Å²) < 4.78 is 0. The molecule has 4 aromatic rings. The predicted octanol–water partition coefficient (Wildman–Crippen LogP) is 4.82. The standard InChI is InChI=1S/C26H14N8/c1-33-23-17-5-6-18-22-14(8-20-24(18)34(2)26(32-20)16(11-29)12-30)4-3-13(21(17)22)7-19(23)31-25(33)15(9-27)10-28/h3-8,31-32H,1-2H3. The van der Waals surface area contributed by atoms with Gasteiger partial charge in [0.2, 0.25) is 0 Å². The molecule has 8 heteroatoms. The van der Waals surface area contributed by atoms with Gasteiger partial charge < -0.3 is 20.4 Å². The van der Waals surface area contributed by atoms with Gasteiger partial charge in [-0.3, -0.25) is 0 Å². The van der Waals surface area contributed by atoms with Crippen LogP contribution < -0.4 is 20.4 Å². The van der Waals surface area contributed by atoms with Gasteiger partial charge in [0.1, 0.15) is 35.9 Å². The number of nitriles is 4. The molecule has 0 spiro atoms. The van der Waals surface area contributed by atoms with Crippen LogP contribution in [0, 0.1) is 45.3 Å². The van der Waals surface area contributed by atoms with Crippen molar-refractivity contribution in [2.45, 2.75) is 0 Å². The van der Waals surface area contributed by atoms with Gasteiger partial charge in [0.15, 0.2) is 11.1 Å². The maximum atomic E-state index is 9.39. The molecule has 0 aliphatic carbocycles. The largest absolute Gasteiger partial charge is 0.338 e. The SMILES string of the molecule is CN1C(=C(C#N)C#N)Nc2cc3ccc4cc5c(c6ccc(c21)c3c46)N(C)C(=C(C#N)C#N)N5. The molecule has 158 valence electrons. The van der Waals surface area contributed by atoms with E-state index in [2.05, 4.69) is 22.8 Å². The van der Waals surface area contributed by atoms with E-state index >= 15 is 0 Å². The minimum Gasteiger partial charge on any atom is -0.338 e. The van der Waals surface area contributed by atoms with Crippen molar-refractivity contribution in [3.05, 3.63) is 59.2 Å². The smallest absolute Gasteiger partial charge is 0.170 e. The van der Waals surface area contributed by atoms with Gasteiger partial charge in [-0.1, -0.05) is 24.3 Å². The van der Waals surface area contributed by atoms with Crippen LogP contribution in [0.25, 0.3) is 32.3 Å². The molecule has 4 aromatic carbocycles. The van der Waals surface area contributed by atoms with Crippen LogP contribution in [0.15, 0.2) is 59.2 Å². The monoisotopic (exact) mass is 438 g/mol. The molecular weight excluding hydrogens is 424 g/mol. The second-order valence-electron chi connectivity index (χ2n) is 8.23. The van der Waals surface area contributed by atoms with Crippen molar-refractivity contribution >= 4 is 55.1 Å². The summed E-state index contributed by atoms with van der Waals surface area (Å²) >= 11 is 0. The Bertz CT molecular complexity index is 1670. The number of hydrogen-bond donors (Lipinski definition) is 2. The lowest BCUT2D eigenvalue weighted by atomic mass is 9.91. The predicted molar refractivity (Wildman–Crippen MR) is 131 cm³/mol. The number of hydrogen-bond acceptors (Lipinski definition) is 8. The third-order valence-electron chi connectivity index (χ3n) is 6.61. The quantitative estimate of drug-likeness (QED) is 0.295. The average molecular weight is 438 g/mol. The van der Waals surface area contributed by atoms with E-state index < -0.39 is 0 Å². The summed E-state index contributed by atoms with van der Waals surface area (Å²) in [6, 6.07) is 20.2. The normalized spacial score (nSPS) is 13.7. The van der Waals surface area contributed by atoms with Crippen LogP contribution in [0.1, 0.15) is 0 Å². The zero-order chi connectivity index (χ0) is 23.7. The molecule has 0 amide bonds. The first-order valence-electron chi connectivity index (χ1n) is 10.4. The fourth-order valence-corrected chi connectivity index (χ4v) is 5.20. The summed E-state index contributed by atoms with van der Waals surface area (Å²) in [5, 5.41) is 50.3. The van der Waals surface area contributed by atoms with Gasteiger partial charge in [-0.25, -0.2) is 0 Å². The highest BCUT2D eigenvalue weighted by molar-refractivity contribution is 6.30. The summed E-state index contributed by atoms with van der Waals surface area (Å²) in [4.78, 5) is 3.71. The van der Waals surface area contributed by atoms with E-state index in [0.717, 1.165) is 55.1 Å². The Kier molecular flexibility index (Phi) is 3.70. The van der Waals surface area contributed by atoms with E-state index in [1.165, 1.54) is 0 Å². The Morgan fingerprint density at radius 1 is 0.647 bits per heavy atom. The third kappa shape index (κ3) is 2.21. The minimum absolute atomic E-state index is 0.0240. The average Bonchev–Trinajstić information content (AvgIpc) is 3.35. The Hall–Kier alpha value is -5.44. The van der Waals surface area contributed by atoms with Gasteiger partial charge in [-0.15, -0.1) is 0 Å². The molecule has 34 heavy (non-hydrogen) atoms. The summed E-state index contributed by atoms with van der Waals surface area (Å²) in [6.07, 6.45) is 0. The van der Waals surface area contributed by atoms with E-state index in [0.29, 0.717) is 11.6 Å². The summed E-state index contributed by atoms with van der Waals surface area (Å²) in [5.41, 5.74) is 3.54. The molecule has 0 bridgehead atoms. The highest BCUT2D eigenvalue weighted by atomic mass is 15.3. The van der Waals surface area contributed by atoms with Crippen molar-refractivity contribution in [3.8, 4) is 24.3 Å². The molecule has 2 aliphatic heterocycles. The van der Waals surface area contributed by atoms with Crippen molar-refractivity contribution in [3.63, 3.8) is 0 Å². The zero-order valence-corrected chi connectivity index (χ0v) is 18.1. The Balaban J connectivity index is 1.69. The van der Waals surface area contributed by atoms with Gasteiger partial charge in [0, 0.05) is 24.9 Å². The number of nitrogens with zero attached hydrogens (tertiary/aromatic N) is 6. The lowest BCUT2D eigenvalue weighted by Crippen LogP contribution is -2.16. The van der Waals surface area contributed by atoms with Crippen LogP contribution in [0.4, 0.5) is 22.7 Å². The molecule has 0 atom stereocenters. The van der Waals surface area contributed by atoms with Crippen molar-refractivity contribution in [1.29, 1.82) is 21.0 Å². The van der Waals surface area contributed by atoms with Crippen LogP contribution in [-0.2, 0) is 0 Å². The van der Waals surface area contributed by atoms with Gasteiger partial charge in [0.05, 0.1) is 22.7 Å². The van der Waals surface area contributed by atoms with Crippen molar-refractivity contribution < 1.29 is 0 Å². The molecular formula is C26H14N8. The number of nitrogens with one attached hydrogen (secondary N) is 2. The number of rotatable bonds is 0. The van der Waals surface area contributed by atoms with E-state index in [9.17, 15) is 21.0 Å². The molecule has 2 heterocycles. The Morgan fingerprint density at radius 2 is 1.03 bits per heavy atom. The van der Waals surface area contributed by atoms with Crippen LogP contribution in [0.2, 0.25) is 0 Å². The van der Waals surface area contributed by atoms with Gasteiger partial charge in [-0.05, 0) is 33.7 Å². The zero-order valence-electron chi connectivity index (χ0n) is 18.1. The highest BCUT2D eigenvalue weighted by Gasteiger charge is 2.31. The molecule has 0 fully saturated rings. The van der Waals surface area contributed by atoms with Gasteiger partial charge in [0.25, 0.3) is 0 Å². The van der Waals surface area contributed by atoms with Crippen molar-refractivity contribution in [1.82, 2.24) is 0 Å². The summed E-state index contributed by atoms with van der Waals surface area (Å²) in [6.45, 7) is 0. The molecule has 0 saturated carbocycles. The molecule has 0 saturated heterocycles. The second-order valence-corrected chi connectivity index (χ2v) is 8.23. The Labute approximate surface area is 194 Å². The van der Waals surface area contributed by atoms with Crippen molar-refractivity contribution in [2.24, 2.45) is 0 Å². The highest BCUT2D eigenvalue weighted by Crippen LogP contribution is 2.51. The molecule has 0 unspecified atom stereocenters. The number of anilines is 4. The van der Waals surface area contributed by atoms with Crippen LogP contribution in [-0.4, -0.2) is 14.1 Å². The second kappa shape index (κ2) is 6.53. The lowest BCUT2D eigenvalue weighted by Gasteiger charge is -2.20. The van der Waals surface area contributed by atoms with Crippen molar-refractivity contribution in [2.75, 3.05) is 34.5 Å². The number of benzene rings is 4. The van der Waals surface area contributed by atoms with Crippen LogP contribution in [0.3, 0.4) is 0 Å². The fourth-order valence-electron chi connectivity index (χ4n) is 5.20. The van der Waals surface area contributed by atoms with Gasteiger partial charge >= 0.3 is 0 Å². The summed E-state index contributed by atoms with van der Waals surface area (Å²) in [5.74, 6) is 0.936. The first kappa shape index (κ1) is 19.3. The minimum atomic E-state index is 0.0240. The van der Waals surface area contributed by atoms with Crippen LogP contribution in [0.5, 0.6) is 0 Å². The summed E-state index contributed by atoms with van der Waals surface area (Å²) in [7, 11) is 3.69. The first-order chi connectivity index (χ1) is 16.5. The number of allylic oxidation sites excluding steroid dienone is 2.